The first-order valence-electron chi connectivity index (χ1n) is 8.71. The van der Waals surface area contributed by atoms with Crippen molar-refractivity contribution < 1.29 is 23.8 Å². The third-order valence-corrected chi connectivity index (χ3v) is 4.35. The Morgan fingerprint density at radius 3 is 2.61 bits per heavy atom. The highest BCUT2D eigenvalue weighted by molar-refractivity contribution is 6.02. The highest BCUT2D eigenvalue weighted by Gasteiger charge is 2.32. The third kappa shape index (κ3) is 4.11. The lowest BCUT2D eigenvalue weighted by Crippen LogP contribution is -2.33. The van der Waals surface area contributed by atoms with E-state index in [2.05, 4.69) is 16.0 Å². The molecule has 0 atom stereocenters. The Kier molecular flexibility index (Phi) is 5.30. The average Bonchev–Trinajstić information content (AvgIpc) is 2.78. The van der Waals surface area contributed by atoms with E-state index in [1.165, 1.54) is 7.11 Å². The molecular formula is C20H23N3O5. The number of rotatable bonds is 4. The number of carbonyl (C=O) groups is 2. The smallest absolute Gasteiger partial charge is 0.323 e. The molecule has 2 aromatic carbocycles. The maximum atomic E-state index is 12.4. The van der Waals surface area contributed by atoms with Crippen LogP contribution in [-0.4, -0.2) is 32.8 Å². The van der Waals surface area contributed by atoms with Crippen molar-refractivity contribution >= 4 is 29.0 Å². The quantitative estimate of drug-likeness (QED) is 0.745. The molecule has 0 saturated heterocycles. The zero-order chi connectivity index (χ0) is 20.3. The molecule has 8 heteroatoms. The topological polar surface area (TPSA) is 97.9 Å². The van der Waals surface area contributed by atoms with Crippen molar-refractivity contribution in [3.05, 3.63) is 36.4 Å². The Bertz CT molecular complexity index is 911. The van der Waals surface area contributed by atoms with Gasteiger partial charge >= 0.3 is 6.03 Å². The van der Waals surface area contributed by atoms with Crippen LogP contribution in [0.5, 0.6) is 17.2 Å². The molecule has 0 spiro atoms. The van der Waals surface area contributed by atoms with Gasteiger partial charge in [-0.1, -0.05) is 0 Å². The molecule has 3 rings (SSSR count). The van der Waals surface area contributed by atoms with E-state index in [1.807, 2.05) is 13.8 Å². The Balaban J connectivity index is 1.73. The first kappa shape index (κ1) is 19.3. The van der Waals surface area contributed by atoms with Crippen molar-refractivity contribution in [2.24, 2.45) is 5.41 Å². The fourth-order valence-electron chi connectivity index (χ4n) is 2.63. The van der Waals surface area contributed by atoms with Crippen molar-refractivity contribution in [3.8, 4) is 17.2 Å². The fourth-order valence-corrected chi connectivity index (χ4v) is 2.63. The van der Waals surface area contributed by atoms with E-state index in [0.29, 0.717) is 34.3 Å². The number of nitrogens with one attached hydrogen (secondary N) is 3. The normalized spacial score (nSPS) is 14.6. The van der Waals surface area contributed by atoms with Crippen molar-refractivity contribution in [3.63, 3.8) is 0 Å². The average molecular weight is 385 g/mol. The summed E-state index contributed by atoms with van der Waals surface area (Å²) in [7, 11) is 3.06. The summed E-state index contributed by atoms with van der Waals surface area (Å²) in [6.07, 6.45) is 0. The van der Waals surface area contributed by atoms with E-state index in [4.69, 9.17) is 14.2 Å². The molecule has 3 N–H and O–H groups in total. The molecule has 1 heterocycles. The summed E-state index contributed by atoms with van der Waals surface area (Å²) in [6, 6.07) is 9.69. The fraction of sp³-hybridized carbons (Fsp3) is 0.300. The summed E-state index contributed by atoms with van der Waals surface area (Å²) in [6.45, 7) is 3.89. The summed E-state index contributed by atoms with van der Waals surface area (Å²) in [5.41, 5.74) is 0.867. The molecule has 0 aromatic heterocycles. The number of hydrogen-bond donors (Lipinski definition) is 3. The summed E-state index contributed by atoms with van der Waals surface area (Å²) in [5.74, 6) is 1.50. The van der Waals surface area contributed by atoms with Crippen LogP contribution in [0.25, 0.3) is 0 Å². The van der Waals surface area contributed by atoms with Gasteiger partial charge in [0.1, 0.15) is 23.9 Å². The van der Waals surface area contributed by atoms with Crippen LogP contribution in [-0.2, 0) is 4.79 Å². The van der Waals surface area contributed by atoms with Gasteiger partial charge in [-0.25, -0.2) is 4.79 Å². The predicted octanol–water partition coefficient (Wildman–Crippen LogP) is 3.70. The maximum absolute atomic E-state index is 12.4. The zero-order valence-electron chi connectivity index (χ0n) is 16.2. The van der Waals surface area contributed by atoms with E-state index < -0.39 is 11.4 Å². The van der Waals surface area contributed by atoms with Crippen LogP contribution in [0.15, 0.2) is 36.4 Å². The molecule has 1 aliphatic rings. The maximum Gasteiger partial charge on any atom is 0.323 e. The molecule has 148 valence electrons. The predicted molar refractivity (Wildman–Crippen MR) is 107 cm³/mol. The molecular weight excluding hydrogens is 362 g/mol. The molecule has 0 fully saturated rings. The molecule has 3 amide bonds. The summed E-state index contributed by atoms with van der Waals surface area (Å²) in [4.78, 5) is 24.7. The zero-order valence-corrected chi connectivity index (χ0v) is 16.2. The van der Waals surface area contributed by atoms with Gasteiger partial charge in [0.15, 0.2) is 0 Å². The summed E-state index contributed by atoms with van der Waals surface area (Å²) in [5, 5.41) is 8.30. The van der Waals surface area contributed by atoms with Crippen molar-refractivity contribution in [1.29, 1.82) is 0 Å². The number of carbonyl (C=O) groups excluding carboxylic acids is 2. The van der Waals surface area contributed by atoms with Gasteiger partial charge in [0.2, 0.25) is 5.91 Å². The molecule has 2 aromatic rings. The summed E-state index contributed by atoms with van der Waals surface area (Å²) < 4.78 is 16.1. The second kappa shape index (κ2) is 7.67. The van der Waals surface area contributed by atoms with Gasteiger partial charge in [-0.05, 0) is 44.2 Å². The molecule has 0 unspecified atom stereocenters. The number of urea groups is 1. The minimum absolute atomic E-state index is 0.143. The van der Waals surface area contributed by atoms with Gasteiger partial charge in [0.25, 0.3) is 0 Å². The van der Waals surface area contributed by atoms with E-state index >= 15 is 0 Å². The standard InChI is InChI=1S/C20H23N3O5/c1-20(2)11-28-16-8-5-12(9-15(16)22-18(20)24)21-19(25)23-14-7-6-13(26-3)10-17(14)27-4/h5-10H,11H2,1-4H3,(H,22,24)(H2,21,23,25). The van der Waals surface area contributed by atoms with Gasteiger partial charge < -0.3 is 30.2 Å². The highest BCUT2D eigenvalue weighted by Crippen LogP contribution is 2.34. The molecule has 0 aliphatic carbocycles. The van der Waals surface area contributed by atoms with Crippen LogP contribution in [0.2, 0.25) is 0 Å². The monoisotopic (exact) mass is 385 g/mol. The van der Waals surface area contributed by atoms with E-state index in [-0.39, 0.29) is 12.5 Å². The Morgan fingerprint density at radius 2 is 1.89 bits per heavy atom. The number of amides is 3. The van der Waals surface area contributed by atoms with Gasteiger partial charge in [-0.15, -0.1) is 0 Å². The number of ether oxygens (including phenoxy) is 3. The molecule has 0 bridgehead atoms. The van der Waals surface area contributed by atoms with Crippen LogP contribution >= 0.6 is 0 Å². The van der Waals surface area contributed by atoms with E-state index in [9.17, 15) is 9.59 Å². The molecule has 28 heavy (non-hydrogen) atoms. The van der Waals surface area contributed by atoms with Crippen LogP contribution < -0.4 is 30.2 Å². The number of fused-ring (bicyclic) bond motifs is 1. The lowest BCUT2D eigenvalue weighted by molar-refractivity contribution is -0.124. The van der Waals surface area contributed by atoms with Gasteiger partial charge in [-0.2, -0.15) is 0 Å². The summed E-state index contributed by atoms with van der Waals surface area (Å²) >= 11 is 0. The number of hydrogen-bond acceptors (Lipinski definition) is 5. The first-order chi connectivity index (χ1) is 13.3. The molecule has 0 radical (unpaired) electrons. The minimum Gasteiger partial charge on any atom is -0.497 e. The second-order valence-electron chi connectivity index (χ2n) is 6.98. The number of methoxy groups -OCH3 is 2. The number of benzene rings is 2. The lowest BCUT2D eigenvalue weighted by Gasteiger charge is -2.18. The van der Waals surface area contributed by atoms with Crippen LogP contribution in [0.1, 0.15) is 13.8 Å². The second-order valence-corrected chi connectivity index (χ2v) is 6.98. The Labute approximate surface area is 163 Å². The Morgan fingerprint density at radius 1 is 1.11 bits per heavy atom. The van der Waals surface area contributed by atoms with E-state index in [1.54, 1.807) is 43.5 Å². The van der Waals surface area contributed by atoms with Crippen LogP contribution in [0, 0.1) is 5.41 Å². The van der Waals surface area contributed by atoms with Gasteiger partial charge in [-0.3, -0.25) is 4.79 Å². The van der Waals surface area contributed by atoms with Crippen molar-refractivity contribution in [2.75, 3.05) is 36.8 Å². The van der Waals surface area contributed by atoms with Crippen molar-refractivity contribution in [1.82, 2.24) is 0 Å². The highest BCUT2D eigenvalue weighted by atomic mass is 16.5. The van der Waals surface area contributed by atoms with Crippen LogP contribution in [0.4, 0.5) is 21.9 Å². The SMILES string of the molecule is COc1ccc(NC(=O)Nc2ccc3c(c2)NC(=O)C(C)(C)CO3)c(OC)c1. The largest absolute Gasteiger partial charge is 0.497 e. The number of anilines is 3. The van der Waals surface area contributed by atoms with Gasteiger partial charge in [0.05, 0.1) is 31.0 Å². The molecule has 1 aliphatic heterocycles. The van der Waals surface area contributed by atoms with Crippen molar-refractivity contribution in [2.45, 2.75) is 13.8 Å². The van der Waals surface area contributed by atoms with E-state index in [0.717, 1.165) is 0 Å². The molecule has 0 saturated carbocycles. The third-order valence-electron chi connectivity index (χ3n) is 4.35. The van der Waals surface area contributed by atoms with Gasteiger partial charge in [0, 0.05) is 11.8 Å². The molecule has 8 nitrogen and oxygen atoms in total. The first-order valence-corrected chi connectivity index (χ1v) is 8.71. The lowest BCUT2D eigenvalue weighted by atomic mass is 9.94. The minimum atomic E-state index is -0.644. The van der Waals surface area contributed by atoms with Crippen LogP contribution in [0.3, 0.4) is 0 Å². The Hall–Kier alpha value is -3.42.